The summed E-state index contributed by atoms with van der Waals surface area (Å²) in [5.41, 5.74) is 2.05. The summed E-state index contributed by atoms with van der Waals surface area (Å²) < 4.78 is 20.3. The van der Waals surface area contributed by atoms with Crippen molar-refractivity contribution < 1.29 is 23.4 Å². The Morgan fingerprint density at radius 1 is 1.21 bits per heavy atom. The fourth-order valence-electron chi connectivity index (χ4n) is 4.65. The van der Waals surface area contributed by atoms with Crippen molar-refractivity contribution >= 4 is 17.8 Å². The molecule has 2 aliphatic rings. The molecule has 3 heterocycles. The number of hydrogen-bond acceptors (Lipinski definition) is 6. The van der Waals surface area contributed by atoms with Crippen LogP contribution in [0.15, 0.2) is 49.1 Å². The second-order valence-electron chi connectivity index (χ2n) is 8.56. The van der Waals surface area contributed by atoms with Crippen LogP contribution in [-0.2, 0) is 15.1 Å². The van der Waals surface area contributed by atoms with Crippen molar-refractivity contribution in [2.75, 3.05) is 5.32 Å². The molecule has 9 heteroatoms. The van der Waals surface area contributed by atoms with Crippen LogP contribution in [0.5, 0.6) is 0 Å². The molecular weight excluding hydrogens is 427 g/mol. The quantitative estimate of drug-likeness (QED) is 0.374. The number of nitrogens with one attached hydrogen (secondary N) is 1. The van der Waals surface area contributed by atoms with Crippen LogP contribution in [0, 0.1) is 23.9 Å². The van der Waals surface area contributed by atoms with E-state index in [-0.39, 0.29) is 29.2 Å². The van der Waals surface area contributed by atoms with Gasteiger partial charge in [-0.15, -0.1) is 0 Å². The maximum atomic E-state index is 14.1. The van der Waals surface area contributed by atoms with E-state index in [9.17, 15) is 19.2 Å². The van der Waals surface area contributed by atoms with Crippen molar-refractivity contribution in [3.8, 4) is 11.1 Å². The molecule has 0 bridgehead atoms. The minimum Gasteiger partial charge on any atom is -0.619 e. The van der Waals surface area contributed by atoms with Crippen LogP contribution in [-0.4, -0.2) is 21.8 Å². The second-order valence-corrected chi connectivity index (χ2v) is 8.56. The van der Waals surface area contributed by atoms with Gasteiger partial charge in [0.2, 0.25) is 11.9 Å². The number of rotatable bonds is 3. The highest BCUT2D eigenvalue weighted by molar-refractivity contribution is 5.94. The number of esters is 1. The summed E-state index contributed by atoms with van der Waals surface area (Å²) in [7, 11) is 0. The van der Waals surface area contributed by atoms with Crippen LogP contribution in [0.2, 0.25) is 0 Å². The van der Waals surface area contributed by atoms with Gasteiger partial charge in [0.15, 0.2) is 12.4 Å². The lowest BCUT2D eigenvalue weighted by atomic mass is 9.75. The Hall–Kier alpha value is -3.88. The topological polar surface area (TPSA) is 108 Å². The number of ether oxygens (including phenoxy) is 1. The summed E-state index contributed by atoms with van der Waals surface area (Å²) in [6.45, 7) is 1.87. The first-order valence-electron chi connectivity index (χ1n) is 10.7. The smallest absolute Gasteiger partial charge is 0.345 e. The number of fused-ring (bicyclic) bond motifs is 2. The molecule has 3 aromatic rings. The van der Waals surface area contributed by atoms with Gasteiger partial charge in [-0.25, -0.2) is 19.2 Å². The van der Waals surface area contributed by atoms with Crippen molar-refractivity contribution in [1.82, 2.24) is 9.97 Å². The fourth-order valence-corrected chi connectivity index (χ4v) is 4.65. The highest BCUT2D eigenvalue weighted by Crippen LogP contribution is 2.47. The first-order chi connectivity index (χ1) is 15.8. The van der Waals surface area contributed by atoms with Crippen LogP contribution < -0.4 is 10.0 Å². The van der Waals surface area contributed by atoms with E-state index in [1.54, 1.807) is 18.2 Å². The van der Waals surface area contributed by atoms with Gasteiger partial charge in [0.05, 0.1) is 0 Å². The number of hydrogen-bond donors (Lipinski definition) is 1. The molecule has 1 aliphatic carbocycles. The van der Waals surface area contributed by atoms with Crippen molar-refractivity contribution in [3.63, 3.8) is 0 Å². The molecule has 1 N–H and O–H groups in total. The summed E-state index contributed by atoms with van der Waals surface area (Å²) in [6, 6.07) is 6.43. The number of pyridine rings is 1. The Bertz CT molecular complexity index is 1250. The van der Waals surface area contributed by atoms with Gasteiger partial charge in [-0.2, -0.15) is 4.73 Å². The van der Waals surface area contributed by atoms with E-state index in [2.05, 4.69) is 15.3 Å². The number of carbonyl (C=O) groups is 2. The average molecular weight is 448 g/mol. The summed E-state index contributed by atoms with van der Waals surface area (Å²) in [4.78, 5) is 33.3. The van der Waals surface area contributed by atoms with Crippen molar-refractivity contribution in [3.05, 3.63) is 76.8 Å². The van der Waals surface area contributed by atoms with Crippen LogP contribution in [0.25, 0.3) is 11.1 Å². The minimum atomic E-state index is -0.784. The lowest BCUT2D eigenvalue weighted by Crippen LogP contribution is -2.36. The number of benzene rings is 1. The lowest BCUT2D eigenvalue weighted by molar-refractivity contribution is -0.605. The molecule has 0 saturated heterocycles. The predicted octanol–water partition coefficient (Wildman–Crippen LogP) is 3.42. The maximum Gasteiger partial charge on any atom is 0.345 e. The molecule has 1 amide bonds. The van der Waals surface area contributed by atoms with Gasteiger partial charge in [0.25, 0.3) is 0 Å². The zero-order valence-corrected chi connectivity index (χ0v) is 17.9. The van der Waals surface area contributed by atoms with E-state index >= 15 is 0 Å². The standard InChI is InChI=1S/C24H21FN4O4/c1-14-2-3-20(25)17(10-14)16-11-26-23(27-12-16)28-21(30)15-4-7-24(8-5-15)19-6-9-29(32)13-18(19)22(31)33-24/h2-3,6,9-13,15H,4-5,7-8H2,1H3,(H,26,27,28,30). The second kappa shape index (κ2) is 7.91. The molecule has 1 aromatic carbocycles. The molecule has 1 saturated carbocycles. The van der Waals surface area contributed by atoms with Gasteiger partial charge in [0, 0.05) is 41.1 Å². The van der Waals surface area contributed by atoms with E-state index in [4.69, 9.17) is 4.74 Å². The van der Waals surface area contributed by atoms with Gasteiger partial charge in [0.1, 0.15) is 17.0 Å². The van der Waals surface area contributed by atoms with Gasteiger partial charge in [-0.05, 0) is 44.7 Å². The summed E-state index contributed by atoms with van der Waals surface area (Å²) >= 11 is 0. The number of aromatic nitrogens is 3. The first kappa shape index (κ1) is 21.0. The number of amides is 1. The van der Waals surface area contributed by atoms with Crippen LogP contribution in [0.3, 0.4) is 0 Å². The number of halogens is 1. The molecule has 1 spiro atoms. The van der Waals surface area contributed by atoms with Crippen LogP contribution >= 0.6 is 0 Å². The molecule has 1 aliphatic heterocycles. The first-order valence-corrected chi connectivity index (χ1v) is 10.7. The van der Waals surface area contributed by atoms with E-state index in [1.165, 1.54) is 30.9 Å². The molecule has 0 radical (unpaired) electrons. The maximum absolute atomic E-state index is 14.1. The van der Waals surface area contributed by atoms with Gasteiger partial charge < -0.3 is 9.94 Å². The molecule has 2 aromatic heterocycles. The van der Waals surface area contributed by atoms with Gasteiger partial charge in [-0.1, -0.05) is 11.6 Å². The third-order valence-electron chi connectivity index (χ3n) is 6.42. The Balaban J connectivity index is 1.24. The predicted molar refractivity (Wildman–Crippen MR) is 115 cm³/mol. The largest absolute Gasteiger partial charge is 0.619 e. The van der Waals surface area contributed by atoms with E-state index in [0.717, 1.165) is 5.56 Å². The zero-order chi connectivity index (χ0) is 23.2. The molecule has 8 nitrogen and oxygen atoms in total. The van der Waals surface area contributed by atoms with Crippen LogP contribution in [0.4, 0.5) is 10.3 Å². The van der Waals surface area contributed by atoms with Gasteiger partial charge in [-0.3, -0.25) is 10.1 Å². The van der Waals surface area contributed by atoms with Crippen molar-refractivity contribution in [2.45, 2.75) is 38.2 Å². The SMILES string of the molecule is Cc1ccc(F)c(-c2cnc(NC(=O)C3CCC4(CC3)OC(=O)c3c[n+]([O-])ccc34)nc2)c1. The number of anilines is 1. The molecule has 33 heavy (non-hydrogen) atoms. The molecule has 168 valence electrons. The van der Waals surface area contributed by atoms with Crippen molar-refractivity contribution in [1.29, 1.82) is 0 Å². The van der Waals surface area contributed by atoms with Crippen molar-refractivity contribution in [2.24, 2.45) is 5.92 Å². The lowest BCUT2D eigenvalue weighted by Gasteiger charge is -2.35. The van der Waals surface area contributed by atoms with Gasteiger partial charge >= 0.3 is 5.97 Å². The van der Waals surface area contributed by atoms with E-state index in [0.29, 0.717) is 47.1 Å². The third kappa shape index (κ3) is 3.79. The van der Waals surface area contributed by atoms with E-state index < -0.39 is 11.6 Å². The molecule has 0 unspecified atom stereocenters. The van der Waals surface area contributed by atoms with Crippen LogP contribution in [0.1, 0.15) is 47.2 Å². The summed E-state index contributed by atoms with van der Waals surface area (Å²) in [5, 5.41) is 14.2. The third-order valence-corrected chi connectivity index (χ3v) is 6.42. The number of nitrogens with zero attached hydrogens (tertiary/aromatic N) is 3. The summed E-state index contributed by atoms with van der Waals surface area (Å²) in [6.07, 6.45) is 7.54. The Labute approximate surface area is 189 Å². The highest BCUT2D eigenvalue weighted by atomic mass is 19.1. The highest BCUT2D eigenvalue weighted by Gasteiger charge is 2.49. The Morgan fingerprint density at radius 3 is 2.67 bits per heavy atom. The normalized spacial score (nSPS) is 21.5. The number of aryl methyl sites for hydroxylation is 1. The average Bonchev–Trinajstić information content (AvgIpc) is 3.06. The number of carbonyl (C=O) groups excluding carboxylic acids is 2. The molecule has 1 fully saturated rings. The Morgan fingerprint density at radius 2 is 1.94 bits per heavy atom. The monoisotopic (exact) mass is 448 g/mol. The van der Waals surface area contributed by atoms with E-state index in [1.807, 2.05) is 6.92 Å². The molecule has 5 rings (SSSR count). The molecular formula is C24H21FN4O4. The zero-order valence-electron chi connectivity index (χ0n) is 17.9. The summed E-state index contributed by atoms with van der Waals surface area (Å²) in [5.74, 6) is -1.22. The Kier molecular flexibility index (Phi) is 5.03. The fraction of sp³-hybridized carbons (Fsp3) is 0.292. The minimum absolute atomic E-state index is 0.148. The molecule has 0 atom stereocenters.